The summed E-state index contributed by atoms with van der Waals surface area (Å²) in [7, 11) is 0. The van der Waals surface area contributed by atoms with E-state index >= 15 is 0 Å². The van der Waals surface area contributed by atoms with Gasteiger partial charge in [-0.25, -0.2) is 0 Å². The second-order valence-electron chi connectivity index (χ2n) is 5.01. The molecule has 3 saturated heterocycles. The van der Waals surface area contributed by atoms with Gasteiger partial charge in [0.25, 0.3) is 0 Å². The van der Waals surface area contributed by atoms with Crippen LogP contribution in [0.15, 0.2) is 30.3 Å². The van der Waals surface area contributed by atoms with Gasteiger partial charge >= 0.3 is 0 Å². The summed E-state index contributed by atoms with van der Waals surface area (Å²) in [5, 5.41) is 5.78. The number of carbonyl (C=O) groups is 2. The lowest BCUT2D eigenvalue weighted by molar-refractivity contribution is -0.151. The van der Waals surface area contributed by atoms with Gasteiger partial charge < -0.3 is 10.6 Å². The average molecular weight is 230 g/mol. The van der Waals surface area contributed by atoms with Crippen LogP contribution in [0.3, 0.4) is 0 Å². The number of benzene rings is 1. The highest BCUT2D eigenvalue weighted by Crippen LogP contribution is 2.40. The van der Waals surface area contributed by atoms with Crippen LogP contribution in [0.4, 0.5) is 0 Å². The average Bonchev–Trinajstić information content (AvgIpc) is 2.29. The van der Waals surface area contributed by atoms with Gasteiger partial charge in [-0.2, -0.15) is 0 Å². The van der Waals surface area contributed by atoms with Crippen LogP contribution < -0.4 is 10.6 Å². The minimum atomic E-state index is -1.03. The van der Waals surface area contributed by atoms with E-state index in [0.29, 0.717) is 6.42 Å². The molecular formula is C13H14N2O2. The third kappa shape index (κ3) is 1.24. The molecule has 0 radical (unpaired) electrons. The normalized spacial score (nSPS) is 35.4. The Kier molecular flexibility index (Phi) is 1.88. The molecule has 2 bridgehead atoms. The smallest absolute Gasteiger partial charge is 0.242 e. The van der Waals surface area contributed by atoms with Crippen molar-refractivity contribution in [2.75, 3.05) is 0 Å². The summed E-state index contributed by atoms with van der Waals surface area (Å²) in [5.74, 6) is -0.359. The van der Waals surface area contributed by atoms with E-state index in [9.17, 15) is 9.59 Å². The highest BCUT2D eigenvalue weighted by molar-refractivity contribution is 6.14. The summed E-state index contributed by atoms with van der Waals surface area (Å²) < 4.78 is 0. The highest BCUT2D eigenvalue weighted by atomic mass is 16.2. The van der Waals surface area contributed by atoms with Gasteiger partial charge in [-0.1, -0.05) is 30.3 Å². The van der Waals surface area contributed by atoms with Gasteiger partial charge in [0.15, 0.2) is 5.41 Å². The third-order valence-corrected chi connectivity index (χ3v) is 3.82. The van der Waals surface area contributed by atoms with Gasteiger partial charge in [0, 0.05) is 0 Å². The van der Waals surface area contributed by atoms with E-state index in [-0.39, 0.29) is 11.8 Å². The number of fused-ring (bicyclic) bond motifs is 3. The summed E-state index contributed by atoms with van der Waals surface area (Å²) in [6, 6.07) is 9.27. The predicted octanol–water partition coefficient (Wildman–Crippen LogP) is 0.680. The number of carbonyl (C=O) groups excluding carboxylic acids is 2. The number of hydrogen-bond acceptors (Lipinski definition) is 2. The molecule has 17 heavy (non-hydrogen) atoms. The molecule has 3 heterocycles. The Hall–Kier alpha value is -1.84. The van der Waals surface area contributed by atoms with Crippen LogP contribution in [0.5, 0.6) is 0 Å². The fourth-order valence-electron chi connectivity index (χ4n) is 2.77. The Balaban J connectivity index is 2.13. The lowest BCUT2D eigenvalue weighted by atomic mass is 9.67. The Morgan fingerprint density at radius 1 is 1.00 bits per heavy atom. The number of hydrogen-bond donors (Lipinski definition) is 2. The van der Waals surface area contributed by atoms with E-state index in [1.807, 2.05) is 37.3 Å². The second-order valence-corrected chi connectivity index (χ2v) is 5.01. The molecule has 0 aliphatic carbocycles. The lowest BCUT2D eigenvalue weighted by Crippen LogP contribution is -2.76. The molecule has 4 heteroatoms. The molecule has 0 aromatic heterocycles. The van der Waals surface area contributed by atoms with Crippen molar-refractivity contribution < 1.29 is 9.59 Å². The summed E-state index contributed by atoms with van der Waals surface area (Å²) in [6.45, 7) is 1.84. The van der Waals surface area contributed by atoms with Gasteiger partial charge in [-0.05, 0) is 25.3 Å². The van der Waals surface area contributed by atoms with Gasteiger partial charge in [0.2, 0.25) is 11.8 Å². The zero-order valence-electron chi connectivity index (χ0n) is 9.62. The first kappa shape index (κ1) is 10.3. The fourth-order valence-corrected chi connectivity index (χ4v) is 2.77. The van der Waals surface area contributed by atoms with Crippen LogP contribution in [0.2, 0.25) is 0 Å². The molecular weight excluding hydrogens is 216 g/mol. The van der Waals surface area contributed by atoms with Crippen LogP contribution in [-0.4, -0.2) is 17.5 Å². The molecule has 3 aliphatic heterocycles. The van der Waals surface area contributed by atoms with Crippen molar-refractivity contribution in [1.29, 1.82) is 0 Å². The molecule has 2 N–H and O–H groups in total. The number of piperidine rings is 2. The van der Waals surface area contributed by atoms with Crippen molar-refractivity contribution in [1.82, 2.24) is 10.6 Å². The molecule has 2 amide bonds. The third-order valence-electron chi connectivity index (χ3n) is 3.82. The fraction of sp³-hybridized carbons (Fsp3) is 0.385. The molecule has 4 rings (SSSR count). The highest BCUT2D eigenvalue weighted by Gasteiger charge is 2.58. The molecule has 1 aromatic rings. The van der Waals surface area contributed by atoms with Gasteiger partial charge in [0.05, 0.1) is 0 Å². The van der Waals surface area contributed by atoms with Crippen LogP contribution in [0.1, 0.15) is 25.3 Å². The first-order chi connectivity index (χ1) is 8.07. The standard InChI is InChI=1S/C13H14N2O2/c1-12-7-8-13(10(16)14-12,11(17)15-12)9-5-3-2-4-6-9/h2-6H,7-8H2,1H3,(H,14,16)(H,15,17). The SMILES string of the molecule is CC12CCC(c3ccccc3)(C(=O)N1)C(=O)N2. The maximum Gasteiger partial charge on any atom is 0.242 e. The monoisotopic (exact) mass is 230 g/mol. The van der Waals surface area contributed by atoms with Crippen molar-refractivity contribution in [3.05, 3.63) is 35.9 Å². The van der Waals surface area contributed by atoms with Crippen LogP contribution >= 0.6 is 0 Å². The van der Waals surface area contributed by atoms with Crippen LogP contribution in [-0.2, 0) is 15.0 Å². The molecule has 88 valence electrons. The molecule has 4 nitrogen and oxygen atoms in total. The van der Waals surface area contributed by atoms with E-state index < -0.39 is 11.1 Å². The summed E-state index contributed by atoms with van der Waals surface area (Å²) in [6.07, 6.45) is 1.34. The zero-order valence-corrected chi connectivity index (χ0v) is 9.62. The van der Waals surface area contributed by atoms with Gasteiger partial charge in [-0.15, -0.1) is 0 Å². The van der Waals surface area contributed by atoms with Gasteiger partial charge in [0.1, 0.15) is 5.66 Å². The molecule has 3 aliphatic rings. The Morgan fingerprint density at radius 2 is 1.59 bits per heavy atom. The topological polar surface area (TPSA) is 58.2 Å². The number of amides is 2. The first-order valence-electron chi connectivity index (χ1n) is 5.78. The van der Waals surface area contributed by atoms with E-state index in [1.165, 1.54) is 0 Å². The number of nitrogens with one attached hydrogen (secondary N) is 2. The van der Waals surface area contributed by atoms with Crippen LogP contribution in [0, 0.1) is 0 Å². The molecule has 0 atom stereocenters. The van der Waals surface area contributed by atoms with Crippen molar-refractivity contribution in [3.8, 4) is 0 Å². The summed E-state index contributed by atoms with van der Waals surface area (Å²) >= 11 is 0. The quantitative estimate of drug-likeness (QED) is 0.697. The van der Waals surface area contributed by atoms with E-state index in [1.54, 1.807) is 0 Å². The predicted molar refractivity (Wildman–Crippen MR) is 62.0 cm³/mol. The van der Waals surface area contributed by atoms with E-state index in [2.05, 4.69) is 10.6 Å². The summed E-state index contributed by atoms with van der Waals surface area (Å²) in [5.41, 5.74) is -0.819. The lowest BCUT2D eigenvalue weighted by Gasteiger charge is -2.50. The van der Waals surface area contributed by atoms with Crippen molar-refractivity contribution in [2.45, 2.75) is 30.8 Å². The molecule has 1 aromatic carbocycles. The van der Waals surface area contributed by atoms with E-state index in [4.69, 9.17) is 0 Å². The molecule has 0 spiro atoms. The first-order valence-corrected chi connectivity index (χ1v) is 5.78. The summed E-state index contributed by atoms with van der Waals surface area (Å²) in [4.78, 5) is 24.4. The minimum Gasteiger partial charge on any atom is -0.332 e. The Morgan fingerprint density at radius 3 is 2.12 bits per heavy atom. The number of rotatable bonds is 1. The zero-order chi connectivity index (χ0) is 12.1. The second kappa shape index (κ2) is 3.09. The largest absolute Gasteiger partial charge is 0.332 e. The Labute approximate surface area is 99.4 Å². The maximum atomic E-state index is 12.2. The Bertz CT molecular complexity index is 477. The van der Waals surface area contributed by atoms with Crippen molar-refractivity contribution in [3.63, 3.8) is 0 Å². The van der Waals surface area contributed by atoms with E-state index in [0.717, 1.165) is 12.0 Å². The van der Waals surface area contributed by atoms with Crippen molar-refractivity contribution in [2.24, 2.45) is 0 Å². The van der Waals surface area contributed by atoms with Crippen LogP contribution in [0.25, 0.3) is 0 Å². The molecule has 3 fully saturated rings. The van der Waals surface area contributed by atoms with Crippen molar-refractivity contribution >= 4 is 11.8 Å². The maximum absolute atomic E-state index is 12.2. The molecule has 0 unspecified atom stereocenters. The minimum absolute atomic E-state index is 0.179. The van der Waals surface area contributed by atoms with Gasteiger partial charge in [-0.3, -0.25) is 9.59 Å². The molecule has 0 saturated carbocycles.